The zero-order chi connectivity index (χ0) is 7.07. The van der Waals surface area contributed by atoms with Crippen LogP contribution in [0.3, 0.4) is 0 Å². The van der Waals surface area contributed by atoms with Gasteiger partial charge in [-0.15, -0.1) is 0 Å². The third-order valence-electron chi connectivity index (χ3n) is 1.91. The molecule has 60 valence electrons. The van der Waals surface area contributed by atoms with E-state index in [2.05, 4.69) is 10.6 Å². The molecule has 0 aromatic carbocycles. The Kier molecular flexibility index (Phi) is 4.56. The summed E-state index contributed by atoms with van der Waals surface area (Å²) in [6.07, 6.45) is 5.56. The minimum Gasteiger partial charge on any atom is -0.317 e. The first-order valence-electron chi connectivity index (χ1n) is 4.41. The molecule has 2 aliphatic heterocycles. The molecular formula is C8H18N2. The monoisotopic (exact) mass is 142 g/mol. The van der Waals surface area contributed by atoms with Gasteiger partial charge in [-0.05, 0) is 51.9 Å². The fourth-order valence-corrected chi connectivity index (χ4v) is 1.25. The van der Waals surface area contributed by atoms with E-state index in [4.69, 9.17) is 0 Å². The van der Waals surface area contributed by atoms with Gasteiger partial charge in [-0.25, -0.2) is 0 Å². The summed E-state index contributed by atoms with van der Waals surface area (Å²) in [4.78, 5) is 0. The van der Waals surface area contributed by atoms with Gasteiger partial charge in [0.2, 0.25) is 0 Å². The van der Waals surface area contributed by atoms with Crippen LogP contribution in [0.2, 0.25) is 0 Å². The van der Waals surface area contributed by atoms with Gasteiger partial charge in [0.1, 0.15) is 0 Å². The van der Waals surface area contributed by atoms with Gasteiger partial charge in [-0.2, -0.15) is 0 Å². The summed E-state index contributed by atoms with van der Waals surface area (Å²) >= 11 is 0. The van der Waals surface area contributed by atoms with Crippen molar-refractivity contribution in [3.05, 3.63) is 0 Å². The van der Waals surface area contributed by atoms with E-state index in [0.29, 0.717) is 0 Å². The molecule has 0 radical (unpaired) electrons. The van der Waals surface area contributed by atoms with Crippen LogP contribution in [0.1, 0.15) is 25.7 Å². The molecule has 2 heterocycles. The van der Waals surface area contributed by atoms with Crippen molar-refractivity contribution in [1.29, 1.82) is 0 Å². The van der Waals surface area contributed by atoms with Crippen LogP contribution in [0, 0.1) is 0 Å². The Balaban J connectivity index is 0.0000001000. The van der Waals surface area contributed by atoms with Crippen LogP contribution in [0.5, 0.6) is 0 Å². The maximum absolute atomic E-state index is 3.22. The second kappa shape index (κ2) is 5.69. The van der Waals surface area contributed by atoms with Crippen LogP contribution in [0.25, 0.3) is 0 Å². The molecule has 2 saturated heterocycles. The molecule has 2 aliphatic rings. The summed E-state index contributed by atoms with van der Waals surface area (Å²) in [7, 11) is 0. The minimum atomic E-state index is 1.25. The summed E-state index contributed by atoms with van der Waals surface area (Å²) in [6.45, 7) is 5.00. The molecule has 2 heteroatoms. The van der Waals surface area contributed by atoms with Crippen molar-refractivity contribution in [2.24, 2.45) is 0 Å². The zero-order valence-electron chi connectivity index (χ0n) is 6.66. The molecule has 2 rings (SSSR count). The highest BCUT2D eigenvalue weighted by molar-refractivity contribution is 4.56. The largest absolute Gasteiger partial charge is 0.317 e. The average molecular weight is 142 g/mol. The number of hydrogen-bond donors (Lipinski definition) is 2. The summed E-state index contributed by atoms with van der Waals surface area (Å²) in [5.74, 6) is 0. The predicted octanol–water partition coefficient (Wildman–Crippen LogP) is 0.740. The van der Waals surface area contributed by atoms with E-state index >= 15 is 0 Å². The van der Waals surface area contributed by atoms with E-state index in [1.54, 1.807) is 0 Å². The summed E-state index contributed by atoms with van der Waals surface area (Å²) in [5.41, 5.74) is 0. The van der Waals surface area contributed by atoms with E-state index < -0.39 is 0 Å². The third-order valence-corrected chi connectivity index (χ3v) is 1.91. The topological polar surface area (TPSA) is 24.1 Å². The Morgan fingerprint density at radius 2 is 0.800 bits per heavy atom. The highest BCUT2D eigenvalue weighted by Crippen LogP contribution is 1.90. The molecule has 2 nitrogen and oxygen atoms in total. The van der Waals surface area contributed by atoms with Gasteiger partial charge in [0.15, 0.2) is 0 Å². The molecule has 2 fully saturated rings. The maximum atomic E-state index is 3.22. The van der Waals surface area contributed by atoms with Gasteiger partial charge >= 0.3 is 0 Å². The Hall–Kier alpha value is -0.0800. The average Bonchev–Trinajstić information content (AvgIpc) is 2.67. The Morgan fingerprint density at radius 1 is 0.500 bits per heavy atom. The van der Waals surface area contributed by atoms with E-state index in [1.165, 1.54) is 51.9 Å². The lowest BCUT2D eigenvalue weighted by Gasteiger charge is -1.76. The first kappa shape index (κ1) is 8.02. The van der Waals surface area contributed by atoms with Crippen molar-refractivity contribution in [3.63, 3.8) is 0 Å². The van der Waals surface area contributed by atoms with Crippen LogP contribution in [-0.4, -0.2) is 26.2 Å². The van der Waals surface area contributed by atoms with Gasteiger partial charge in [-0.3, -0.25) is 0 Å². The normalized spacial score (nSPS) is 24.0. The first-order chi connectivity index (χ1) is 5.00. The fourth-order valence-electron chi connectivity index (χ4n) is 1.25. The molecule has 0 aromatic heterocycles. The van der Waals surface area contributed by atoms with Crippen LogP contribution in [-0.2, 0) is 0 Å². The molecule has 0 unspecified atom stereocenters. The number of rotatable bonds is 0. The number of nitrogens with one attached hydrogen (secondary N) is 2. The minimum absolute atomic E-state index is 1.25. The van der Waals surface area contributed by atoms with Crippen molar-refractivity contribution in [1.82, 2.24) is 10.6 Å². The van der Waals surface area contributed by atoms with Crippen LogP contribution in [0.15, 0.2) is 0 Å². The van der Waals surface area contributed by atoms with Crippen LogP contribution in [0.4, 0.5) is 0 Å². The Bertz CT molecular complexity index is 40.4. The lowest BCUT2D eigenvalue weighted by molar-refractivity contribution is 0.857. The molecule has 2 N–H and O–H groups in total. The Morgan fingerprint density at radius 3 is 0.900 bits per heavy atom. The third kappa shape index (κ3) is 3.85. The predicted molar refractivity (Wildman–Crippen MR) is 44.2 cm³/mol. The highest BCUT2D eigenvalue weighted by Gasteiger charge is 1.93. The molecule has 0 aromatic rings. The maximum Gasteiger partial charge on any atom is -0.00484 e. The summed E-state index contributed by atoms with van der Waals surface area (Å²) in [6, 6.07) is 0. The van der Waals surface area contributed by atoms with E-state index in [1.807, 2.05) is 0 Å². The molecule has 0 aliphatic carbocycles. The van der Waals surface area contributed by atoms with Gasteiger partial charge in [0.05, 0.1) is 0 Å². The van der Waals surface area contributed by atoms with Crippen molar-refractivity contribution in [2.45, 2.75) is 25.7 Å². The van der Waals surface area contributed by atoms with Gasteiger partial charge in [0.25, 0.3) is 0 Å². The molecule has 10 heavy (non-hydrogen) atoms. The van der Waals surface area contributed by atoms with Crippen molar-refractivity contribution in [2.75, 3.05) is 26.2 Å². The lowest BCUT2D eigenvalue weighted by Crippen LogP contribution is -2.03. The quantitative estimate of drug-likeness (QED) is 0.521. The van der Waals surface area contributed by atoms with Crippen LogP contribution < -0.4 is 10.6 Å². The first-order valence-corrected chi connectivity index (χ1v) is 4.41. The molecule has 0 spiro atoms. The van der Waals surface area contributed by atoms with Crippen molar-refractivity contribution >= 4 is 0 Å². The second-order valence-corrected chi connectivity index (χ2v) is 2.91. The Labute approximate surface area is 63.4 Å². The van der Waals surface area contributed by atoms with Crippen molar-refractivity contribution < 1.29 is 0 Å². The SMILES string of the molecule is C1CCNC1.C1CCNC1. The molecule has 0 saturated carbocycles. The standard InChI is InChI=1S/2C4H9N/c2*1-2-4-5-3-1/h2*5H,1-4H2. The number of hydrogen-bond acceptors (Lipinski definition) is 2. The molecule has 0 amide bonds. The van der Waals surface area contributed by atoms with Gasteiger partial charge in [-0.1, -0.05) is 0 Å². The fraction of sp³-hybridized carbons (Fsp3) is 1.00. The summed E-state index contributed by atoms with van der Waals surface area (Å²) < 4.78 is 0. The van der Waals surface area contributed by atoms with Gasteiger partial charge in [0, 0.05) is 0 Å². The highest BCUT2D eigenvalue weighted by atomic mass is 14.9. The van der Waals surface area contributed by atoms with Gasteiger partial charge < -0.3 is 10.6 Å². The van der Waals surface area contributed by atoms with E-state index in [0.717, 1.165) is 0 Å². The van der Waals surface area contributed by atoms with E-state index in [9.17, 15) is 0 Å². The zero-order valence-corrected chi connectivity index (χ0v) is 6.66. The second-order valence-electron chi connectivity index (χ2n) is 2.91. The molecule has 0 bridgehead atoms. The van der Waals surface area contributed by atoms with Crippen LogP contribution >= 0.6 is 0 Å². The lowest BCUT2D eigenvalue weighted by atomic mass is 10.4. The smallest absolute Gasteiger partial charge is 0.00484 e. The molecular weight excluding hydrogens is 124 g/mol. The van der Waals surface area contributed by atoms with Crippen molar-refractivity contribution in [3.8, 4) is 0 Å². The molecule has 0 atom stereocenters. The van der Waals surface area contributed by atoms with E-state index in [-0.39, 0.29) is 0 Å². The summed E-state index contributed by atoms with van der Waals surface area (Å²) in [5, 5.41) is 6.44.